The summed E-state index contributed by atoms with van der Waals surface area (Å²) in [4.78, 5) is 37.3. The normalized spacial score (nSPS) is 11.8. The van der Waals surface area contributed by atoms with E-state index >= 15 is 0 Å². The number of carbonyl (C=O) groups is 3. The first-order chi connectivity index (χ1) is 24.0. The number of unbranched alkanes of at least 4 members (excludes halogenated alkanes) is 28. The molecule has 0 aliphatic rings. The zero-order valence-corrected chi connectivity index (χ0v) is 33.0. The van der Waals surface area contributed by atoms with Gasteiger partial charge in [-0.25, -0.2) is 0 Å². The number of hydrogen-bond acceptors (Lipinski definition) is 6. The average Bonchev–Trinajstić information content (AvgIpc) is 3.09. The van der Waals surface area contributed by atoms with Gasteiger partial charge in [0.15, 0.2) is 6.10 Å². The fraction of sp³-hybridized carbons (Fsp3) is 0.930. The Morgan fingerprint density at radius 3 is 0.816 bits per heavy atom. The molecule has 0 aromatic heterocycles. The molecule has 1 atom stereocenters. The highest BCUT2D eigenvalue weighted by Crippen LogP contribution is 2.15. The molecule has 290 valence electrons. The van der Waals surface area contributed by atoms with Crippen LogP contribution in [0.2, 0.25) is 0 Å². The van der Waals surface area contributed by atoms with Crippen LogP contribution in [0.5, 0.6) is 0 Å². The molecule has 0 saturated heterocycles. The molecule has 0 aromatic carbocycles. The van der Waals surface area contributed by atoms with E-state index in [0.29, 0.717) is 19.3 Å². The lowest BCUT2D eigenvalue weighted by molar-refractivity contribution is -0.167. The summed E-state index contributed by atoms with van der Waals surface area (Å²) < 4.78 is 16.6. The number of hydrogen-bond donors (Lipinski definition) is 0. The van der Waals surface area contributed by atoms with Gasteiger partial charge in [-0.1, -0.05) is 201 Å². The zero-order chi connectivity index (χ0) is 35.9. The van der Waals surface area contributed by atoms with E-state index in [0.717, 1.165) is 64.2 Å². The summed E-state index contributed by atoms with van der Waals surface area (Å²) in [6.07, 6.45) is 38.3. The third kappa shape index (κ3) is 37.5. The van der Waals surface area contributed by atoms with Gasteiger partial charge in [0.1, 0.15) is 13.2 Å². The van der Waals surface area contributed by atoms with Gasteiger partial charge in [-0.3, -0.25) is 14.4 Å². The Bertz CT molecular complexity index is 723. The molecule has 0 bridgehead atoms. The van der Waals surface area contributed by atoms with Gasteiger partial charge in [0.05, 0.1) is 0 Å². The van der Waals surface area contributed by atoms with Gasteiger partial charge in [0, 0.05) is 19.3 Å². The van der Waals surface area contributed by atoms with Crippen LogP contribution in [-0.2, 0) is 28.6 Å². The van der Waals surface area contributed by atoms with E-state index in [9.17, 15) is 14.4 Å². The third-order valence-corrected chi connectivity index (χ3v) is 9.61. The summed E-state index contributed by atoms with van der Waals surface area (Å²) in [5.74, 6) is -0.871. The first kappa shape index (κ1) is 47.4. The van der Waals surface area contributed by atoms with Gasteiger partial charge < -0.3 is 14.2 Å². The first-order valence-corrected chi connectivity index (χ1v) is 21.5. The van der Waals surface area contributed by atoms with Gasteiger partial charge in [-0.2, -0.15) is 0 Å². The van der Waals surface area contributed by atoms with Crippen LogP contribution in [0.3, 0.4) is 0 Å². The highest BCUT2D eigenvalue weighted by atomic mass is 16.6. The lowest BCUT2D eigenvalue weighted by Crippen LogP contribution is -2.30. The minimum absolute atomic E-state index is 0.0644. The van der Waals surface area contributed by atoms with Gasteiger partial charge in [0.2, 0.25) is 0 Å². The van der Waals surface area contributed by atoms with Crippen molar-refractivity contribution in [3.05, 3.63) is 0 Å². The highest BCUT2D eigenvalue weighted by Gasteiger charge is 2.19. The van der Waals surface area contributed by atoms with Crippen LogP contribution in [0.25, 0.3) is 0 Å². The number of rotatable bonds is 39. The standard InChI is InChI=1S/C43H82O6/c1-4-7-10-13-15-17-19-20-21-22-23-24-26-28-31-34-37-43(46)49-40(38-47-41(44)35-32-29-12-9-6-3)39-48-42(45)36-33-30-27-25-18-16-14-11-8-5-2/h40H,4-39H2,1-3H3/t40-/m0/s1. The zero-order valence-electron chi connectivity index (χ0n) is 33.0. The largest absolute Gasteiger partial charge is 0.462 e. The van der Waals surface area contributed by atoms with Crippen LogP contribution in [0, 0.1) is 0 Å². The second kappa shape index (κ2) is 39.2. The number of carbonyl (C=O) groups excluding carboxylic acids is 3. The summed E-state index contributed by atoms with van der Waals surface area (Å²) in [6, 6.07) is 0. The van der Waals surface area contributed by atoms with E-state index in [4.69, 9.17) is 14.2 Å². The molecule has 0 heterocycles. The predicted octanol–water partition coefficient (Wildman–Crippen LogP) is 13.3. The van der Waals surface area contributed by atoms with E-state index in [2.05, 4.69) is 20.8 Å². The lowest BCUT2D eigenvalue weighted by atomic mass is 10.0. The molecule has 49 heavy (non-hydrogen) atoms. The van der Waals surface area contributed by atoms with Crippen molar-refractivity contribution in [2.45, 2.75) is 245 Å². The van der Waals surface area contributed by atoms with Crippen molar-refractivity contribution in [1.82, 2.24) is 0 Å². The summed E-state index contributed by atoms with van der Waals surface area (Å²) >= 11 is 0. The smallest absolute Gasteiger partial charge is 0.306 e. The van der Waals surface area contributed by atoms with Crippen LogP contribution in [0.1, 0.15) is 239 Å². The van der Waals surface area contributed by atoms with Crippen molar-refractivity contribution in [1.29, 1.82) is 0 Å². The van der Waals surface area contributed by atoms with Crippen LogP contribution >= 0.6 is 0 Å². The van der Waals surface area contributed by atoms with Crippen molar-refractivity contribution in [2.24, 2.45) is 0 Å². The second-order valence-corrected chi connectivity index (χ2v) is 14.6. The van der Waals surface area contributed by atoms with Crippen LogP contribution < -0.4 is 0 Å². The van der Waals surface area contributed by atoms with Crippen LogP contribution in [-0.4, -0.2) is 37.2 Å². The molecule has 0 fully saturated rings. The fourth-order valence-electron chi connectivity index (χ4n) is 6.32. The average molecular weight is 695 g/mol. The molecule has 0 aromatic rings. The van der Waals surface area contributed by atoms with Gasteiger partial charge >= 0.3 is 17.9 Å². The Labute approximate surface area is 304 Å². The fourth-order valence-corrected chi connectivity index (χ4v) is 6.32. The predicted molar refractivity (Wildman–Crippen MR) is 206 cm³/mol. The quantitative estimate of drug-likeness (QED) is 0.0362. The van der Waals surface area contributed by atoms with E-state index in [-0.39, 0.29) is 31.1 Å². The van der Waals surface area contributed by atoms with E-state index in [1.54, 1.807) is 0 Å². The molecule has 0 rings (SSSR count). The maximum absolute atomic E-state index is 12.6. The molecule has 0 radical (unpaired) electrons. The molecule has 0 saturated carbocycles. The Kier molecular flexibility index (Phi) is 37.9. The van der Waals surface area contributed by atoms with Crippen molar-refractivity contribution >= 4 is 17.9 Å². The molecule has 0 amide bonds. The molecule has 0 N–H and O–H groups in total. The Morgan fingerprint density at radius 2 is 0.551 bits per heavy atom. The van der Waals surface area contributed by atoms with E-state index < -0.39 is 6.10 Å². The van der Waals surface area contributed by atoms with Crippen LogP contribution in [0.15, 0.2) is 0 Å². The van der Waals surface area contributed by atoms with Crippen molar-refractivity contribution in [2.75, 3.05) is 13.2 Å². The maximum Gasteiger partial charge on any atom is 0.306 e. The molecule has 6 heteroatoms. The monoisotopic (exact) mass is 695 g/mol. The summed E-state index contributed by atoms with van der Waals surface area (Å²) in [6.45, 7) is 6.55. The first-order valence-electron chi connectivity index (χ1n) is 21.5. The summed E-state index contributed by atoms with van der Waals surface area (Å²) in [7, 11) is 0. The molecular formula is C43H82O6. The second-order valence-electron chi connectivity index (χ2n) is 14.6. The van der Waals surface area contributed by atoms with Gasteiger partial charge in [-0.15, -0.1) is 0 Å². The lowest BCUT2D eigenvalue weighted by Gasteiger charge is -2.18. The Balaban J connectivity index is 4.18. The minimum atomic E-state index is -0.755. The molecule has 0 unspecified atom stereocenters. The van der Waals surface area contributed by atoms with E-state index in [1.807, 2.05) is 0 Å². The molecule has 0 spiro atoms. The minimum Gasteiger partial charge on any atom is -0.462 e. The van der Waals surface area contributed by atoms with E-state index in [1.165, 1.54) is 135 Å². The Morgan fingerprint density at radius 1 is 0.327 bits per heavy atom. The maximum atomic E-state index is 12.6. The topological polar surface area (TPSA) is 78.9 Å². The highest BCUT2D eigenvalue weighted by molar-refractivity contribution is 5.71. The molecule has 0 aliphatic carbocycles. The number of ether oxygens (including phenoxy) is 3. The molecular weight excluding hydrogens is 612 g/mol. The van der Waals surface area contributed by atoms with Crippen molar-refractivity contribution < 1.29 is 28.6 Å². The number of esters is 3. The SMILES string of the molecule is CCCCCCCCCCCCCCCCCCC(=O)O[C@@H](COC(=O)CCCCCCC)COC(=O)CCCCCCCCCCCC. The summed E-state index contributed by atoms with van der Waals surface area (Å²) in [5, 5.41) is 0. The molecule has 6 nitrogen and oxygen atoms in total. The molecule has 0 aliphatic heterocycles. The Hall–Kier alpha value is -1.59. The van der Waals surface area contributed by atoms with Crippen LogP contribution in [0.4, 0.5) is 0 Å². The summed E-state index contributed by atoms with van der Waals surface area (Å²) in [5.41, 5.74) is 0. The van der Waals surface area contributed by atoms with Crippen molar-refractivity contribution in [3.63, 3.8) is 0 Å². The van der Waals surface area contributed by atoms with Gasteiger partial charge in [0.25, 0.3) is 0 Å². The van der Waals surface area contributed by atoms with Gasteiger partial charge in [-0.05, 0) is 19.3 Å². The third-order valence-electron chi connectivity index (χ3n) is 9.61. The van der Waals surface area contributed by atoms with Crippen molar-refractivity contribution in [3.8, 4) is 0 Å².